The van der Waals surface area contributed by atoms with Gasteiger partial charge in [-0.2, -0.15) is 0 Å². The number of aromatic amines is 1. The Morgan fingerprint density at radius 1 is 1.20 bits per heavy atom. The molecule has 0 unspecified atom stereocenters. The second-order valence-electron chi connectivity index (χ2n) is 6.15. The molecule has 4 rings (SSSR count). The smallest absolute Gasteiger partial charge is 0.253 e. The molecule has 2 heterocycles. The Labute approximate surface area is 148 Å². The van der Waals surface area contributed by atoms with Crippen LogP contribution in [0.25, 0.3) is 21.9 Å². The molecule has 0 saturated heterocycles. The first-order chi connectivity index (χ1) is 12.0. The van der Waals surface area contributed by atoms with Gasteiger partial charge in [0.15, 0.2) is 5.58 Å². The SMILES string of the molecule is Cc1noc2c(C)cc(NCc3cc4cc(Cl)ccc4[nH]c3=O)cc12. The van der Waals surface area contributed by atoms with Crippen LogP contribution in [0.15, 0.2) is 45.7 Å². The van der Waals surface area contributed by atoms with Crippen LogP contribution < -0.4 is 10.9 Å². The molecule has 0 amide bonds. The lowest BCUT2D eigenvalue weighted by Gasteiger charge is -2.08. The molecule has 0 aliphatic carbocycles. The van der Waals surface area contributed by atoms with Crippen molar-refractivity contribution in [2.24, 2.45) is 0 Å². The Bertz CT molecular complexity index is 1160. The fourth-order valence-electron chi connectivity index (χ4n) is 2.98. The van der Waals surface area contributed by atoms with Crippen molar-refractivity contribution in [1.82, 2.24) is 10.1 Å². The average molecular weight is 354 g/mol. The Balaban J connectivity index is 1.67. The number of rotatable bonds is 3. The monoisotopic (exact) mass is 353 g/mol. The van der Waals surface area contributed by atoms with E-state index >= 15 is 0 Å². The highest BCUT2D eigenvalue weighted by Gasteiger charge is 2.10. The number of hydrogen-bond donors (Lipinski definition) is 2. The van der Waals surface area contributed by atoms with Crippen molar-refractivity contribution in [1.29, 1.82) is 0 Å². The summed E-state index contributed by atoms with van der Waals surface area (Å²) in [6.07, 6.45) is 0. The van der Waals surface area contributed by atoms with Crippen LogP contribution in [0.4, 0.5) is 5.69 Å². The predicted molar refractivity (Wildman–Crippen MR) is 100 cm³/mol. The van der Waals surface area contributed by atoms with E-state index in [0.29, 0.717) is 17.1 Å². The molecule has 126 valence electrons. The molecule has 0 saturated carbocycles. The van der Waals surface area contributed by atoms with Crippen molar-refractivity contribution < 1.29 is 4.52 Å². The van der Waals surface area contributed by atoms with Crippen LogP contribution in [0.3, 0.4) is 0 Å². The van der Waals surface area contributed by atoms with Crippen molar-refractivity contribution in [3.63, 3.8) is 0 Å². The maximum Gasteiger partial charge on any atom is 0.253 e. The van der Waals surface area contributed by atoms with E-state index in [0.717, 1.165) is 38.8 Å². The van der Waals surface area contributed by atoms with Gasteiger partial charge in [0.05, 0.1) is 5.69 Å². The number of anilines is 1. The van der Waals surface area contributed by atoms with Gasteiger partial charge < -0.3 is 14.8 Å². The number of nitrogens with zero attached hydrogens (tertiary/aromatic N) is 1. The number of aromatic nitrogens is 2. The summed E-state index contributed by atoms with van der Waals surface area (Å²) in [6.45, 7) is 4.29. The molecule has 25 heavy (non-hydrogen) atoms. The van der Waals surface area contributed by atoms with Gasteiger partial charge in [-0.15, -0.1) is 0 Å². The Hall–Kier alpha value is -2.79. The number of halogens is 1. The van der Waals surface area contributed by atoms with E-state index in [9.17, 15) is 4.79 Å². The quantitative estimate of drug-likeness (QED) is 0.566. The van der Waals surface area contributed by atoms with Crippen molar-refractivity contribution in [2.75, 3.05) is 5.32 Å². The number of nitrogens with one attached hydrogen (secondary N) is 2. The molecule has 0 radical (unpaired) electrons. The van der Waals surface area contributed by atoms with E-state index in [4.69, 9.17) is 16.1 Å². The first kappa shape index (κ1) is 15.7. The summed E-state index contributed by atoms with van der Waals surface area (Å²) in [5, 5.41) is 9.83. The average Bonchev–Trinajstić information content (AvgIpc) is 2.95. The minimum Gasteiger partial charge on any atom is -0.381 e. The molecule has 5 nitrogen and oxygen atoms in total. The van der Waals surface area contributed by atoms with Gasteiger partial charge in [-0.05, 0) is 55.8 Å². The Kier molecular flexibility index (Phi) is 3.73. The maximum absolute atomic E-state index is 12.3. The van der Waals surface area contributed by atoms with Crippen LogP contribution in [0, 0.1) is 13.8 Å². The molecule has 0 atom stereocenters. The molecular formula is C19H16ClN3O2. The number of H-pyrrole nitrogens is 1. The van der Waals surface area contributed by atoms with Crippen LogP contribution >= 0.6 is 11.6 Å². The van der Waals surface area contributed by atoms with E-state index in [1.165, 1.54) is 0 Å². The summed E-state index contributed by atoms with van der Waals surface area (Å²) in [5.41, 5.74) is 4.87. The van der Waals surface area contributed by atoms with Gasteiger partial charge in [-0.1, -0.05) is 16.8 Å². The largest absolute Gasteiger partial charge is 0.381 e. The van der Waals surface area contributed by atoms with Crippen molar-refractivity contribution in [2.45, 2.75) is 20.4 Å². The van der Waals surface area contributed by atoms with E-state index < -0.39 is 0 Å². The van der Waals surface area contributed by atoms with Gasteiger partial charge >= 0.3 is 0 Å². The summed E-state index contributed by atoms with van der Waals surface area (Å²) < 4.78 is 5.33. The van der Waals surface area contributed by atoms with Crippen LogP contribution in [0.1, 0.15) is 16.8 Å². The standard InChI is InChI=1S/C19H16ClN3O2/c1-10-5-15(8-16-11(2)23-25-18(10)16)21-9-13-6-12-7-14(20)3-4-17(12)22-19(13)24/h3-8,21H,9H2,1-2H3,(H,22,24). The summed E-state index contributed by atoms with van der Waals surface area (Å²) in [7, 11) is 0. The van der Waals surface area contributed by atoms with E-state index in [1.807, 2.05) is 44.2 Å². The minimum absolute atomic E-state index is 0.110. The number of pyridine rings is 1. The van der Waals surface area contributed by atoms with Crippen LogP contribution in [0.2, 0.25) is 5.02 Å². The molecule has 6 heteroatoms. The molecule has 0 aliphatic rings. The lowest BCUT2D eigenvalue weighted by Crippen LogP contribution is -2.15. The van der Waals surface area contributed by atoms with Gasteiger partial charge in [0.1, 0.15) is 0 Å². The van der Waals surface area contributed by atoms with Crippen LogP contribution in [0.5, 0.6) is 0 Å². The zero-order valence-corrected chi connectivity index (χ0v) is 14.6. The Morgan fingerprint density at radius 3 is 2.88 bits per heavy atom. The van der Waals surface area contributed by atoms with Gasteiger partial charge in [-0.25, -0.2) is 0 Å². The molecule has 2 aromatic heterocycles. The van der Waals surface area contributed by atoms with Crippen molar-refractivity contribution >= 4 is 39.2 Å². The second kappa shape index (κ2) is 5.93. The maximum atomic E-state index is 12.3. The highest BCUT2D eigenvalue weighted by Crippen LogP contribution is 2.26. The number of benzene rings is 2. The summed E-state index contributed by atoms with van der Waals surface area (Å²) in [4.78, 5) is 15.2. The van der Waals surface area contributed by atoms with Crippen molar-refractivity contribution in [3.05, 3.63) is 68.6 Å². The molecule has 0 spiro atoms. The number of aryl methyl sites for hydroxylation is 2. The summed E-state index contributed by atoms with van der Waals surface area (Å²) in [6, 6.07) is 11.2. The highest BCUT2D eigenvalue weighted by molar-refractivity contribution is 6.31. The van der Waals surface area contributed by atoms with Gasteiger partial charge in [0.25, 0.3) is 5.56 Å². The molecule has 0 fully saturated rings. The van der Waals surface area contributed by atoms with E-state index in [1.54, 1.807) is 6.07 Å². The molecule has 2 aromatic carbocycles. The third-order valence-electron chi connectivity index (χ3n) is 4.30. The third kappa shape index (κ3) is 2.87. The van der Waals surface area contributed by atoms with E-state index in [2.05, 4.69) is 15.5 Å². The van der Waals surface area contributed by atoms with Crippen LogP contribution in [-0.4, -0.2) is 10.1 Å². The zero-order chi connectivity index (χ0) is 17.6. The van der Waals surface area contributed by atoms with E-state index in [-0.39, 0.29) is 5.56 Å². The normalized spacial score (nSPS) is 11.3. The first-order valence-corrected chi connectivity index (χ1v) is 8.31. The molecule has 2 N–H and O–H groups in total. The molecular weight excluding hydrogens is 338 g/mol. The second-order valence-corrected chi connectivity index (χ2v) is 6.58. The fourth-order valence-corrected chi connectivity index (χ4v) is 3.16. The predicted octanol–water partition coefficient (Wildman–Crippen LogP) is 4.55. The summed E-state index contributed by atoms with van der Waals surface area (Å²) in [5.74, 6) is 0. The first-order valence-electron chi connectivity index (χ1n) is 7.93. The van der Waals surface area contributed by atoms with Gasteiger partial charge in [-0.3, -0.25) is 4.79 Å². The third-order valence-corrected chi connectivity index (χ3v) is 4.54. The highest BCUT2D eigenvalue weighted by atomic mass is 35.5. The molecule has 0 bridgehead atoms. The lowest BCUT2D eigenvalue weighted by atomic mass is 10.1. The van der Waals surface area contributed by atoms with Crippen LogP contribution in [-0.2, 0) is 6.54 Å². The van der Waals surface area contributed by atoms with Gasteiger partial charge in [0, 0.05) is 39.1 Å². The minimum atomic E-state index is -0.110. The summed E-state index contributed by atoms with van der Waals surface area (Å²) >= 11 is 6.04. The fraction of sp³-hybridized carbons (Fsp3) is 0.158. The zero-order valence-electron chi connectivity index (χ0n) is 13.8. The van der Waals surface area contributed by atoms with Crippen molar-refractivity contribution in [3.8, 4) is 0 Å². The van der Waals surface area contributed by atoms with Gasteiger partial charge in [0.2, 0.25) is 0 Å². The number of fused-ring (bicyclic) bond motifs is 2. The molecule has 0 aliphatic heterocycles. The molecule has 4 aromatic rings. The lowest BCUT2D eigenvalue weighted by molar-refractivity contribution is 0.449. The number of hydrogen-bond acceptors (Lipinski definition) is 4. The Morgan fingerprint density at radius 2 is 2.04 bits per heavy atom. The topological polar surface area (TPSA) is 70.9 Å².